The van der Waals surface area contributed by atoms with Crippen LogP contribution in [0.5, 0.6) is 5.75 Å². The van der Waals surface area contributed by atoms with Gasteiger partial charge in [-0.15, -0.1) is 0 Å². The van der Waals surface area contributed by atoms with E-state index in [4.69, 9.17) is 18.9 Å². The Labute approximate surface area is 167 Å². The largest absolute Gasteiger partial charge is 0.467 e. The zero-order valence-corrected chi connectivity index (χ0v) is 16.8. The van der Waals surface area contributed by atoms with Crippen molar-refractivity contribution < 1.29 is 42.9 Å². The second kappa shape index (κ2) is 10.2. The summed E-state index contributed by atoms with van der Waals surface area (Å²) >= 11 is 0. The summed E-state index contributed by atoms with van der Waals surface area (Å²) in [4.78, 5) is 57.3. The molecule has 0 fully saturated rings. The number of ether oxygens (including phenoxy) is 4. The molecule has 0 bridgehead atoms. The van der Waals surface area contributed by atoms with Crippen LogP contribution in [0, 0.1) is 0 Å². The molecule has 10 heteroatoms. The normalized spacial score (nSPS) is 12.3. The molecule has 0 radical (unpaired) electrons. The molecule has 0 heterocycles. The standard InChI is InChI=1S/C19H23NO9/c1-11(22)27-16-7-6-14(9-19(4,20-10-21)18(25)26-5)8-15(16)17(28-12(2)23)29-13(3)24/h6-8,10,17H,9H2,1-5H3,(H,20,21)/t19-/m0/s1. The zero-order chi connectivity index (χ0) is 22.2. The monoisotopic (exact) mass is 409 g/mol. The molecule has 1 aromatic carbocycles. The van der Waals surface area contributed by atoms with Gasteiger partial charge in [0.05, 0.1) is 12.7 Å². The van der Waals surface area contributed by atoms with E-state index in [1.54, 1.807) is 0 Å². The van der Waals surface area contributed by atoms with Gasteiger partial charge in [0.1, 0.15) is 11.3 Å². The maximum absolute atomic E-state index is 12.1. The van der Waals surface area contributed by atoms with Gasteiger partial charge in [-0.2, -0.15) is 0 Å². The molecule has 0 saturated heterocycles. The zero-order valence-electron chi connectivity index (χ0n) is 16.8. The number of rotatable bonds is 9. The molecule has 29 heavy (non-hydrogen) atoms. The topological polar surface area (TPSA) is 134 Å². The fourth-order valence-electron chi connectivity index (χ4n) is 2.54. The van der Waals surface area contributed by atoms with Crippen molar-refractivity contribution in [1.29, 1.82) is 0 Å². The summed E-state index contributed by atoms with van der Waals surface area (Å²) < 4.78 is 19.9. The number of hydrogen-bond donors (Lipinski definition) is 1. The van der Waals surface area contributed by atoms with E-state index in [1.165, 1.54) is 39.2 Å². The molecule has 0 spiro atoms. The highest BCUT2D eigenvalue weighted by Gasteiger charge is 2.35. The van der Waals surface area contributed by atoms with Gasteiger partial charge in [0.15, 0.2) is 0 Å². The first-order valence-corrected chi connectivity index (χ1v) is 8.47. The molecule has 1 aromatic rings. The summed E-state index contributed by atoms with van der Waals surface area (Å²) in [5.41, 5.74) is -0.849. The van der Waals surface area contributed by atoms with Crippen molar-refractivity contribution in [2.45, 2.75) is 45.9 Å². The number of carbonyl (C=O) groups is 5. The van der Waals surface area contributed by atoms with Gasteiger partial charge in [0, 0.05) is 27.2 Å². The number of hydrogen-bond acceptors (Lipinski definition) is 9. The van der Waals surface area contributed by atoms with Crippen LogP contribution in [-0.4, -0.2) is 42.9 Å². The van der Waals surface area contributed by atoms with Crippen LogP contribution < -0.4 is 10.1 Å². The molecular weight excluding hydrogens is 386 g/mol. The predicted octanol–water partition coefficient (Wildman–Crippen LogP) is 0.957. The van der Waals surface area contributed by atoms with E-state index in [-0.39, 0.29) is 17.7 Å². The van der Waals surface area contributed by atoms with E-state index in [0.29, 0.717) is 12.0 Å². The quantitative estimate of drug-likeness (QED) is 0.274. The first kappa shape index (κ1) is 23.6. The Kier molecular flexibility index (Phi) is 8.31. The molecule has 1 atom stereocenters. The average Bonchev–Trinajstić information content (AvgIpc) is 2.60. The SMILES string of the molecule is COC(=O)[C@](C)(Cc1ccc(OC(C)=O)c(C(OC(C)=O)OC(C)=O)c1)NC=O. The van der Waals surface area contributed by atoms with E-state index in [2.05, 4.69) is 5.32 Å². The van der Waals surface area contributed by atoms with Crippen LogP contribution in [0.25, 0.3) is 0 Å². The van der Waals surface area contributed by atoms with E-state index in [0.717, 1.165) is 13.8 Å². The summed E-state index contributed by atoms with van der Waals surface area (Å²) in [6.45, 7) is 4.87. The van der Waals surface area contributed by atoms with Gasteiger partial charge in [0.25, 0.3) is 6.29 Å². The van der Waals surface area contributed by atoms with Crippen molar-refractivity contribution in [3.05, 3.63) is 29.3 Å². The van der Waals surface area contributed by atoms with Crippen LogP contribution in [0.1, 0.15) is 45.1 Å². The fraction of sp³-hybridized carbons (Fsp3) is 0.421. The van der Waals surface area contributed by atoms with E-state index < -0.39 is 35.7 Å². The number of esters is 4. The lowest BCUT2D eigenvalue weighted by Crippen LogP contribution is -2.51. The Morgan fingerprint density at radius 1 is 1.07 bits per heavy atom. The molecule has 1 rings (SSSR count). The number of carbonyl (C=O) groups excluding carboxylic acids is 5. The molecule has 158 valence electrons. The van der Waals surface area contributed by atoms with Crippen LogP contribution in [0.4, 0.5) is 0 Å². The van der Waals surface area contributed by atoms with Crippen LogP contribution in [0.3, 0.4) is 0 Å². The Balaban J connectivity index is 3.45. The Hall–Kier alpha value is -3.43. The molecule has 0 saturated carbocycles. The summed E-state index contributed by atoms with van der Waals surface area (Å²) in [5.74, 6) is -2.82. The van der Waals surface area contributed by atoms with Crippen molar-refractivity contribution in [2.75, 3.05) is 7.11 Å². The minimum absolute atomic E-state index is 0.00290. The fourth-order valence-corrected chi connectivity index (χ4v) is 2.54. The summed E-state index contributed by atoms with van der Waals surface area (Å²) in [6.07, 6.45) is -1.13. The molecule has 0 aliphatic heterocycles. The van der Waals surface area contributed by atoms with Crippen molar-refractivity contribution in [1.82, 2.24) is 5.32 Å². The number of benzene rings is 1. The maximum Gasteiger partial charge on any atom is 0.331 e. The highest BCUT2D eigenvalue weighted by Crippen LogP contribution is 2.32. The van der Waals surface area contributed by atoms with Crippen LogP contribution >= 0.6 is 0 Å². The molecule has 1 N–H and O–H groups in total. The molecule has 0 aromatic heterocycles. The van der Waals surface area contributed by atoms with E-state index >= 15 is 0 Å². The van der Waals surface area contributed by atoms with Crippen molar-refractivity contribution in [3.63, 3.8) is 0 Å². The first-order chi connectivity index (χ1) is 13.5. The molecule has 0 aliphatic carbocycles. The molecule has 1 amide bonds. The highest BCUT2D eigenvalue weighted by molar-refractivity contribution is 5.83. The average molecular weight is 409 g/mol. The molecular formula is C19H23NO9. The minimum atomic E-state index is -1.48. The van der Waals surface area contributed by atoms with E-state index in [9.17, 15) is 24.0 Å². The summed E-state index contributed by atoms with van der Waals surface area (Å²) in [6, 6.07) is 4.36. The van der Waals surface area contributed by atoms with Gasteiger partial charge in [-0.3, -0.25) is 19.2 Å². The highest BCUT2D eigenvalue weighted by atomic mass is 16.7. The van der Waals surface area contributed by atoms with Gasteiger partial charge in [-0.05, 0) is 24.6 Å². The molecule has 10 nitrogen and oxygen atoms in total. The van der Waals surface area contributed by atoms with Gasteiger partial charge in [-0.1, -0.05) is 6.07 Å². The van der Waals surface area contributed by atoms with Crippen LogP contribution in [0.2, 0.25) is 0 Å². The summed E-state index contributed by atoms with van der Waals surface area (Å²) in [7, 11) is 1.18. The lowest BCUT2D eigenvalue weighted by atomic mass is 9.92. The van der Waals surface area contributed by atoms with Gasteiger partial charge < -0.3 is 24.3 Å². The third kappa shape index (κ3) is 6.91. The second-order valence-electron chi connectivity index (χ2n) is 6.28. The first-order valence-electron chi connectivity index (χ1n) is 8.47. The Bertz CT molecular complexity index is 789. The van der Waals surface area contributed by atoms with Crippen molar-refractivity contribution >= 4 is 30.3 Å². The van der Waals surface area contributed by atoms with Crippen LogP contribution in [0.15, 0.2) is 18.2 Å². The lowest BCUT2D eigenvalue weighted by molar-refractivity contribution is -0.186. The van der Waals surface area contributed by atoms with Gasteiger partial charge >= 0.3 is 23.9 Å². The third-order valence-corrected chi connectivity index (χ3v) is 3.70. The van der Waals surface area contributed by atoms with Gasteiger partial charge in [0.2, 0.25) is 6.41 Å². The predicted molar refractivity (Wildman–Crippen MR) is 97.3 cm³/mol. The number of nitrogens with one attached hydrogen (secondary N) is 1. The maximum atomic E-state index is 12.1. The summed E-state index contributed by atoms with van der Waals surface area (Å²) in [5, 5.41) is 2.41. The number of methoxy groups -OCH3 is 1. The van der Waals surface area contributed by atoms with E-state index in [1.807, 2.05) is 0 Å². The van der Waals surface area contributed by atoms with Gasteiger partial charge in [-0.25, -0.2) is 4.79 Å². The van der Waals surface area contributed by atoms with Crippen molar-refractivity contribution in [3.8, 4) is 5.75 Å². The lowest BCUT2D eigenvalue weighted by Gasteiger charge is -2.27. The third-order valence-electron chi connectivity index (χ3n) is 3.70. The molecule has 0 unspecified atom stereocenters. The second-order valence-corrected chi connectivity index (χ2v) is 6.28. The Morgan fingerprint density at radius 3 is 2.10 bits per heavy atom. The minimum Gasteiger partial charge on any atom is -0.467 e. The smallest absolute Gasteiger partial charge is 0.331 e. The Morgan fingerprint density at radius 2 is 1.66 bits per heavy atom. The van der Waals surface area contributed by atoms with Crippen molar-refractivity contribution in [2.24, 2.45) is 0 Å². The number of amides is 1. The van der Waals surface area contributed by atoms with Crippen LogP contribution in [-0.2, 0) is 44.6 Å². The molecule has 0 aliphatic rings.